The Morgan fingerprint density at radius 1 is 1.44 bits per heavy atom. The highest BCUT2D eigenvalue weighted by molar-refractivity contribution is 7.12. The van der Waals surface area contributed by atoms with Gasteiger partial charge in [0, 0.05) is 16.7 Å². The highest BCUT2D eigenvalue weighted by Gasteiger charge is 2.14. The first-order chi connectivity index (χ1) is 7.56. The molecule has 0 fully saturated rings. The van der Waals surface area contributed by atoms with Gasteiger partial charge in [0.05, 0.1) is 15.7 Å². The van der Waals surface area contributed by atoms with Crippen LogP contribution >= 0.6 is 22.7 Å². The summed E-state index contributed by atoms with van der Waals surface area (Å²) in [6.07, 6.45) is 0.614. The molecule has 2 aromatic heterocycles. The van der Waals surface area contributed by atoms with Gasteiger partial charge in [-0.3, -0.25) is 0 Å². The molecule has 0 saturated heterocycles. The van der Waals surface area contributed by atoms with Crippen LogP contribution in [0.5, 0.6) is 0 Å². The number of hydrogen-bond donors (Lipinski definition) is 1. The van der Waals surface area contributed by atoms with Crippen LogP contribution < -0.4 is 0 Å². The van der Waals surface area contributed by atoms with Crippen molar-refractivity contribution in [1.82, 2.24) is 9.97 Å². The van der Waals surface area contributed by atoms with E-state index in [0.29, 0.717) is 6.42 Å². The number of carboxylic acids is 1. The SMILES string of the molecule is Cc1nc(Cc2nc(C(=O)O)c(C)s2)cs1. The number of hydrogen-bond acceptors (Lipinski definition) is 5. The van der Waals surface area contributed by atoms with Gasteiger partial charge in [-0.05, 0) is 13.8 Å². The summed E-state index contributed by atoms with van der Waals surface area (Å²) in [6, 6.07) is 0. The van der Waals surface area contributed by atoms with Crippen molar-refractivity contribution in [1.29, 1.82) is 0 Å². The van der Waals surface area contributed by atoms with Gasteiger partial charge in [0.25, 0.3) is 0 Å². The molecular weight excluding hydrogens is 244 g/mol. The quantitative estimate of drug-likeness (QED) is 0.914. The van der Waals surface area contributed by atoms with E-state index in [-0.39, 0.29) is 5.69 Å². The molecule has 0 amide bonds. The van der Waals surface area contributed by atoms with Crippen molar-refractivity contribution < 1.29 is 9.90 Å². The first-order valence-electron chi connectivity index (χ1n) is 4.67. The number of nitrogens with zero attached hydrogens (tertiary/aromatic N) is 2. The number of aromatic nitrogens is 2. The van der Waals surface area contributed by atoms with Crippen LogP contribution in [0.4, 0.5) is 0 Å². The lowest BCUT2D eigenvalue weighted by atomic mass is 10.3. The van der Waals surface area contributed by atoms with Crippen molar-refractivity contribution in [3.05, 3.63) is 31.7 Å². The lowest BCUT2D eigenvalue weighted by Gasteiger charge is -1.89. The largest absolute Gasteiger partial charge is 0.476 e. The van der Waals surface area contributed by atoms with Gasteiger partial charge in [-0.1, -0.05) is 0 Å². The molecule has 84 valence electrons. The van der Waals surface area contributed by atoms with Gasteiger partial charge < -0.3 is 5.11 Å². The molecule has 0 aliphatic heterocycles. The van der Waals surface area contributed by atoms with Gasteiger partial charge in [-0.15, -0.1) is 22.7 Å². The summed E-state index contributed by atoms with van der Waals surface area (Å²) >= 11 is 3.01. The van der Waals surface area contributed by atoms with Gasteiger partial charge in [-0.2, -0.15) is 0 Å². The lowest BCUT2D eigenvalue weighted by molar-refractivity contribution is 0.0690. The fourth-order valence-corrected chi connectivity index (χ4v) is 2.92. The molecule has 6 heteroatoms. The van der Waals surface area contributed by atoms with E-state index in [2.05, 4.69) is 9.97 Å². The zero-order valence-corrected chi connectivity index (χ0v) is 10.5. The van der Waals surface area contributed by atoms with E-state index in [1.54, 1.807) is 18.3 Å². The Bertz CT molecular complexity index is 531. The van der Waals surface area contributed by atoms with E-state index < -0.39 is 5.97 Å². The molecule has 0 unspecified atom stereocenters. The molecule has 0 radical (unpaired) electrons. The number of aryl methyl sites for hydroxylation is 2. The molecule has 2 heterocycles. The third kappa shape index (κ3) is 2.28. The maximum Gasteiger partial charge on any atom is 0.355 e. The Balaban J connectivity index is 2.22. The minimum absolute atomic E-state index is 0.159. The summed E-state index contributed by atoms with van der Waals surface area (Å²) in [5, 5.41) is 12.7. The van der Waals surface area contributed by atoms with E-state index in [1.807, 2.05) is 12.3 Å². The van der Waals surface area contributed by atoms with Crippen LogP contribution in [0, 0.1) is 13.8 Å². The van der Waals surface area contributed by atoms with Gasteiger partial charge in [0.15, 0.2) is 5.69 Å². The highest BCUT2D eigenvalue weighted by Crippen LogP contribution is 2.21. The first-order valence-corrected chi connectivity index (χ1v) is 6.36. The Hall–Kier alpha value is -1.27. The Labute approximate surface area is 101 Å². The molecule has 16 heavy (non-hydrogen) atoms. The van der Waals surface area contributed by atoms with Crippen LogP contribution in [0.25, 0.3) is 0 Å². The van der Waals surface area contributed by atoms with Crippen LogP contribution in [0.15, 0.2) is 5.38 Å². The third-order valence-corrected chi connectivity index (χ3v) is 3.84. The second-order valence-electron chi connectivity index (χ2n) is 3.35. The predicted octanol–water partition coefficient (Wildman–Crippen LogP) is 2.51. The van der Waals surface area contributed by atoms with Crippen LogP contribution in [0.2, 0.25) is 0 Å². The summed E-state index contributed by atoms with van der Waals surface area (Å²) < 4.78 is 0. The van der Waals surface area contributed by atoms with Crippen LogP contribution in [-0.4, -0.2) is 21.0 Å². The van der Waals surface area contributed by atoms with E-state index in [4.69, 9.17) is 5.11 Å². The molecular formula is C10H10N2O2S2. The molecule has 0 atom stereocenters. The minimum atomic E-state index is -0.963. The molecule has 0 aliphatic carbocycles. The molecule has 2 rings (SSSR count). The summed E-state index contributed by atoms with van der Waals surface area (Å²) in [7, 11) is 0. The van der Waals surface area contributed by atoms with Crippen molar-refractivity contribution in [2.45, 2.75) is 20.3 Å². The van der Waals surface area contributed by atoms with E-state index in [1.165, 1.54) is 11.3 Å². The Morgan fingerprint density at radius 2 is 2.19 bits per heavy atom. The van der Waals surface area contributed by atoms with Crippen molar-refractivity contribution >= 4 is 28.6 Å². The second kappa shape index (κ2) is 4.31. The smallest absolute Gasteiger partial charge is 0.355 e. The second-order valence-corrected chi connectivity index (χ2v) is 5.70. The van der Waals surface area contributed by atoms with Gasteiger partial charge in [0.1, 0.15) is 0 Å². The highest BCUT2D eigenvalue weighted by atomic mass is 32.1. The Kier molecular flexibility index (Phi) is 3.02. The van der Waals surface area contributed by atoms with E-state index in [9.17, 15) is 4.79 Å². The third-order valence-electron chi connectivity index (χ3n) is 2.04. The molecule has 0 bridgehead atoms. The Morgan fingerprint density at radius 3 is 2.69 bits per heavy atom. The number of aromatic carboxylic acids is 1. The standard InChI is InChI=1S/C10H10N2O2S2/c1-5-9(10(13)14)12-8(16-5)3-7-4-15-6(2)11-7/h4H,3H2,1-2H3,(H,13,14). The predicted molar refractivity (Wildman–Crippen MR) is 63.5 cm³/mol. The maximum atomic E-state index is 10.8. The van der Waals surface area contributed by atoms with Crippen molar-refractivity contribution in [2.24, 2.45) is 0 Å². The average molecular weight is 254 g/mol. The summed E-state index contributed by atoms with van der Waals surface area (Å²) in [5.41, 5.74) is 1.11. The maximum absolute atomic E-state index is 10.8. The van der Waals surface area contributed by atoms with E-state index in [0.717, 1.165) is 20.6 Å². The number of thiazole rings is 2. The molecule has 0 spiro atoms. The van der Waals surface area contributed by atoms with Crippen LogP contribution in [-0.2, 0) is 6.42 Å². The fourth-order valence-electron chi connectivity index (χ4n) is 1.37. The van der Waals surface area contributed by atoms with Crippen LogP contribution in [0.1, 0.15) is 31.1 Å². The van der Waals surface area contributed by atoms with Crippen LogP contribution in [0.3, 0.4) is 0 Å². The number of carboxylic acid groups (broad SMARTS) is 1. The number of rotatable bonds is 3. The zero-order chi connectivity index (χ0) is 11.7. The molecule has 4 nitrogen and oxygen atoms in total. The average Bonchev–Trinajstić information content (AvgIpc) is 2.73. The number of carbonyl (C=O) groups is 1. The van der Waals surface area contributed by atoms with Gasteiger partial charge in [0.2, 0.25) is 0 Å². The molecule has 1 N–H and O–H groups in total. The molecule has 0 aliphatic rings. The molecule has 2 aromatic rings. The normalized spacial score (nSPS) is 10.6. The van der Waals surface area contributed by atoms with Crippen molar-refractivity contribution in [3.8, 4) is 0 Å². The van der Waals surface area contributed by atoms with Crippen molar-refractivity contribution in [2.75, 3.05) is 0 Å². The zero-order valence-electron chi connectivity index (χ0n) is 8.85. The molecule has 0 aromatic carbocycles. The van der Waals surface area contributed by atoms with E-state index >= 15 is 0 Å². The molecule has 0 saturated carbocycles. The lowest BCUT2D eigenvalue weighted by Crippen LogP contribution is -1.99. The summed E-state index contributed by atoms with van der Waals surface area (Å²) in [5.74, 6) is -0.963. The summed E-state index contributed by atoms with van der Waals surface area (Å²) in [6.45, 7) is 3.72. The minimum Gasteiger partial charge on any atom is -0.476 e. The summed E-state index contributed by atoms with van der Waals surface area (Å²) in [4.78, 5) is 20.0. The van der Waals surface area contributed by atoms with Gasteiger partial charge >= 0.3 is 5.97 Å². The monoisotopic (exact) mass is 254 g/mol. The van der Waals surface area contributed by atoms with Gasteiger partial charge in [-0.25, -0.2) is 14.8 Å². The first kappa shape index (κ1) is 11.2. The fraction of sp³-hybridized carbons (Fsp3) is 0.300. The topological polar surface area (TPSA) is 63.1 Å². The van der Waals surface area contributed by atoms with Crippen molar-refractivity contribution in [3.63, 3.8) is 0 Å².